The molecule has 2 aliphatic rings. The van der Waals surface area contributed by atoms with E-state index in [-0.39, 0.29) is 12.0 Å². The number of ether oxygens (including phenoxy) is 2. The summed E-state index contributed by atoms with van der Waals surface area (Å²) in [5, 5.41) is 13.6. The fraction of sp³-hybridized carbons (Fsp3) is 0.684. The Morgan fingerprint density at radius 2 is 2.00 bits per heavy atom. The van der Waals surface area contributed by atoms with Gasteiger partial charge in [-0.1, -0.05) is 26.0 Å². The molecule has 0 amide bonds. The third kappa shape index (κ3) is 3.70. The number of rotatable bonds is 6. The minimum absolute atomic E-state index is 0.0365. The van der Waals surface area contributed by atoms with Crippen LogP contribution in [0.5, 0.6) is 5.75 Å². The van der Waals surface area contributed by atoms with E-state index in [0.717, 1.165) is 51.4 Å². The highest BCUT2D eigenvalue weighted by atomic mass is 16.5. The largest absolute Gasteiger partial charge is 0.493 e. The van der Waals surface area contributed by atoms with E-state index in [1.165, 1.54) is 11.1 Å². The van der Waals surface area contributed by atoms with Gasteiger partial charge in [-0.2, -0.15) is 0 Å². The first-order chi connectivity index (χ1) is 11.1. The molecule has 2 N–H and O–H groups in total. The average molecular weight is 319 g/mol. The molecule has 0 spiro atoms. The Hall–Kier alpha value is -1.10. The maximum absolute atomic E-state index is 9.88. The first-order valence-corrected chi connectivity index (χ1v) is 8.81. The number of nitrogens with one attached hydrogen (secondary N) is 1. The van der Waals surface area contributed by atoms with E-state index >= 15 is 0 Å². The van der Waals surface area contributed by atoms with Crippen LogP contribution in [0.1, 0.15) is 43.9 Å². The number of fused-ring (bicyclic) bond motifs is 1. The van der Waals surface area contributed by atoms with Gasteiger partial charge in [-0.25, -0.2) is 0 Å². The molecule has 1 aromatic rings. The Kier molecular flexibility index (Phi) is 5.24. The van der Waals surface area contributed by atoms with Gasteiger partial charge in [0.25, 0.3) is 0 Å². The maximum atomic E-state index is 9.88. The predicted octanol–water partition coefficient (Wildman–Crippen LogP) is 2.70. The number of aliphatic hydroxyl groups excluding tert-OH is 1. The van der Waals surface area contributed by atoms with Gasteiger partial charge in [0.05, 0.1) is 13.2 Å². The van der Waals surface area contributed by atoms with Crippen molar-refractivity contribution < 1.29 is 14.6 Å². The standard InChI is InChI=1S/C19H29NO3/c1-14(2)18(16-3-4-17-15(11-16)5-8-23-17)20-12-19(13-21)6-9-22-10-7-19/h3-4,11,14,18,20-21H,5-10,12-13H2,1-2H3. The van der Waals surface area contributed by atoms with Crippen LogP contribution >= 0.6 is 0 Å². The molecular formula is C19H29NO3. The smallest absolute Gasteiger partial charge is 0.122 e. The fourth-order valence-electron chi connectivity index (χ4n) is 3.66. The molecule has 0 aromatic heterocycles. The highest BCUT2D eigenvalue weighted by Gasteiger charge is 2.33. The van der Waals surface area contributed by atoms with Crippen LogP contribution in [0.2, 0.25) is 0 Å². The van der Waals surface area contributed by atoms with Crippen molar-refractivity contribution in [3.63, 3.8) is 0 Å². The van der Waals surface area contributed by atoms with Gasteiger partial charge < -0.3 is 19.9 Å². The zero-order valence-electron chi connectivity index (χ0n) is 14.3. The molecule has 0 aliphatic carbocycles. The number of benzene rings is 1. The van der Waals surface area contributed by atoms with Crippen LogP contribution in [0.15, 0.2) is 18.2 Å². The molecule has 1 atom stereocenters. The summed E-state index contributed by atoms with van der Waals surface area (Å²) in [7, 11) is 0. The third-order valence-corrected chi connectivity index (χ3v) is 5.33. The quantitative estimate of drug-likeness (QED) is 0.846. The minimum atomic E-state index is -0.0365. The molecule has 1 aromatic carbocycles. The molecule has 128 valence electrons. The van der Waals surface area contributed by atoms with E-state index in [1.807, 2.05) is 0 Å². The molecule has 3 rings (SSSR count). The lowest BCUT2D eigenvalue weighted by atomic mass is 9.80. The van der Waals surface area contributed by atoms with Crippen LogP contribution in [-0.2, 0) is 11.2 Å². The first kappa shape index (κ1) is 16.7. The molecule has 1 fully saturated rings. The van der Waals surface area contributed by atoms with E-state index in [4.69, 9.17) is 9.47 Å². The third-order valence-electron chi connectivity index (χ3n) is 5.33. The first-order valence-electron chi connectivity index (χ1n) is 8.81. The summed E-state index contributed by atoms with van der Waals surface area (Å²) >= 11 is 0. The summed E-state index contributed by atoms with van der Waals surface area (Å²) in [5.74, 6) is 1.53. The SMILES string of the molecule is CC(C)C(NCC1(CO)CCOCC1)c1ccc2c(c1)CCO2. The Morgan fingerprint density at radius 1 is 1.22 bits per heavy atom. The lowest BCUT2D eigenvalue weighted by Crippen LogP contribution is -2.43. The van der Waals surface area contributed by atoms with Crippen LogP contribution in [0, 0.1) is 11.3 Å². The summed E-state index contributed by atoms with van der Waals surface area (Å²) in [6.07, 6.45) is 2.87. The second-order valence-electron chi connectivity index (χ2n) is 7.34. The van der Waals surface area contributed by atoms with Crippen molar-refractivity contribution in [2.45, 2.75) is 39.2 Å². The van der Waals surface area contributed by atoms with Crippen molar-refractivity contribution in [1.29, 1.82) is 0 Å². The van der Waals surface area contributed by atoms with Gasteiger partial charge in [-0.3, -0.25) is 0 Å². The molecule has 4 heteroatoms. The van der Waals surface area contributed by atoms with Crippen LogP contribution in [0.3, 0.4) is 0 Å². The number of aliphatic hydroxyl groups is 1. The van der Waals surface area contributed by atoms with Crippen LogP contribution in [0.25, 0.3) is 0 Å². The number of hydrogen-bond donors (Lipinski definition) is 2. The summed E-state index contributed by atoms with van der Waals surface area (Å²) in [5.41, 5.74) is 2.60. The maximum Gasteiger partial charge on any atom is 0.122 e. The van der Waals surface area contributed by atoms with Gasteiger partial charge in [-0.15, -0.1) is 0 Å². The Bertz CT molecular complexity index is 523. The van der Waals surface area contributed by atoms with Gasteiger partial charge in [0.1, 0.15) is 5.75 Å². The normalized spacial score (nSPS) is 21.0. The zero-order valence-corrected chi connectivity index (χ0v) is 14.3. The second kappa shape index (κ2) is 7.20. The van der Waals surface area contributed by atoms with Gasteiger partial charge in [0.2, 0.25) is 0 Å². The van der Waals surface area contributed by atoms with Gasteiger partial charge in [0.15, 0.2) is 0 Å². The molecule has 1 saturated heterocycles. The summed E-state index contributed by atoms with van der Waals surface area (Å²) in [4.78, 5) is 0. The van der Waals surface area contributed by atoms with Crippen molar-refractivity contribution in [1.82, 2.24) is 5.32 Å². The van der Waals surface area contributed by atoms with E-state index in [9.17, 15) is 5.11 Å². The van der Waals surface area contributed by atoms with Gasteiger partial charge in [-0.05, 0) is 36.0 Å². The molecule has 0 saturated carbocycles. The Labute approximate surface area is 139 Å². The zero-order chi connectivity index (χ0) is 16.3. The summed E-state index contributed by atoms with van der Waals surface area (Å²) in [6.45, 7) is 7.87. The highest BCUT2D eigenvalue weighted by Crippen LogP contribution is 2.33. The van der Waals surface area contributed by atoms with Crippen molar-refractivity contribution in [2.75, 3.05) is 33.0 Å². The van der Waals surface area contributed by atoms with Crippen LogP contribution in [-0.4, -0.2) is 38.1 Å². The van der Waals surface area contributed by atoms with E-state index < -0.39 is 0 Å². The van der Waals surface area contributed by atoms with E-state index in [1.54, 1.807) is 0 Å². The van der Waals surface area contributed by atoms with Gasteiger partial charge in [0, 0.05) is 37.6 Å². The molecule has 0 bridgehead atoms. The Morgan fingerprint density at radius 3 is 2.70 bits per heavy atom. The molecule has 0 radical (unpaired) electrons. The topological polar surface area (TPSA) is 50.7 Å². The lowest BCUT2D eigenvalue weighted by molar-refractivity contribution is -0.0172. The molecule has 2 heterocycles. The highest BCUT2D eigenvalue weighted by molar-refractivity contribution is 5.41. The Balaban J connectivity index is 1.71. The van der Waals surface area contributed by atoms with Crippen LogP contribution < -0.4 is 10.1 Å². The molecule has 23 heavy (non-hydrogen) atoms. The second-order valence-corrected chi connectivity index (χ2v) is 7.34. The van der Waals surface area contributed by atoms with Crippen molar-refractivity contribution >= 4 is 0 Å². The van der Waals surface area contributed by atoms with Crippen molar-refractivity contribution in [3.8, 4) is 5.75 Å². The lowest BCUT2D eigenvalue weighted by Gasteiger charge is -2.37. The van der Waals surface area contributed by atoms with Crippen molar-refractivity contribution in [2.24, 2.45) is 11.3 Å². The van der Waals surface area contributed by atoms with Crippen molar-refractivity contribution in [3.05, 3.63) is 29.3 Å². The molecular weight excluding hydrogens is 290 g/mol. The summed E-state index contributed by atoms with van der Waals surface area (Å²) in [6, 6.07) is 6.87. The van der Waals surface area contributed by atoms with Gasteiger partial charge >= 0.3 is 0 Å². The van der Waals surface area contributed by atoms with E-state index in [2.05, 4.69) is 37.4 Å². The monoisotopic (exact) mass is 319 g/mol. The predicted molar refractivity (Wildman–Crippen MR) is 90.8 cm³/mol. The van der Waals surface area contributed by atoms with E-state index in [0.29, 0.717) is 12.0 Å². The summed E-state index contributed by atoms with van der Waals surface area (Å²) < 4.78 is 11.1. The molecule has 2 aliphatic heterocycles. The fourth-order valence-corrected chi connectivity index (χ4v) is 3.66. The number of hydrogen-bond acceptors (Lipinski definition) is 4. The molecule has 4 nitrogen and oxygen atoms in total. The molecule has 1 unspecified atom stereocenters. The average Bonchev–Trinajstić information content (AvgIpc) is 3.03. The minimum Gasteiger partial charge on any atom is -0.493 e. The van der Waals surface area contributed by atoms with Crippen LogP contribution in [0.4, 0.5) is 0 Å².